The molecule has 0 bridgehead atoms. The van der Waals surface area contributed by atoms with Crippen molar-refractivity contribution in [3.8, 4) is 0 Å². The molecule has 0 aromatic heterocycles. The van der Waals surface area contributed by atoms with E-state index < -0.39 is 29.2 Å². The number of halogens is 3. The molecule has 2 rings (SSSR count). The molecule has 0 saturated carbocycles. The highest BCUT2D eigenvalue weighted by molar-refractivity contribution is 5.98. The Morgan fingerprint density at radius 3 is 2.29 bits per heavy atom. The van der Waals surface area contributed by atoms with Gasteiger partial charge in [0.2, 0.25) is 5.91 Å². The maximum atomic E-state index is 12.6. The molecule has 1 aromatic carbocycles. The third-order valence-corrected chi connectivity index (χ3v) is 3.66. The van der Waals surface area contributed by atoms with Crippen molar-refractivity contribution in [2.24, 2.45) is 5.92 Å². The Kier molecular flexibility index (Phi) is 4.92. The minimum Gasteiger partial charge on any atom is -0.460 e. The van der Waals surface area contributed by atoms with Gasteiger partial charge in [0.1, 0.15) is 5.60 Å². The van der Waals surface area contributed by atoms with Gasteiger partial charge in [0.25, 0.3) is 0 Å². The summed E-state index contributed by atoms with van der Waals surface area (Å²) in [7, 11) is 0. The molecular weight excluding hydrogens is 323 g/mol. The summed E-state index contributed by atoms with van der Waals surface area (Å²) in [6, 6.07) is 4.45. The zero-order valence-corrected chi connectivity index (χ0v) is 13.8. The number of rotatable bonds is 3. The fourth-order valence-corrected chi connectivity index (χ4v) is 2.60. The molecule has 0 N–H and O–H groups in total. The van der Waals surface area contributed by atoms with Crippen LogP contribution in [0.4, 0.5) is 18.9 Å². The second kappa shape index (κ2) is 6.45. The van der Waals surface area contributed by atoms with Crippen molar-refractivity contribution < 1.29 is 27.5 Å². The maximum absolute atomic E-state index is 12.6. The summed E-state index contributed by atoms with van der Waals surface area (Å²) in [6.45, 7) is 5.61. The Hall–Kier alpha value is -2.05. The Morgan fingerprint density at radius 2 is 1.79 bits per heavy atom. The number of ether oxygens (including phenoxy) is 1. The van der Waals surface area contributed by atoms with Gasteiger partial charge in [-0.3, -0.25) is 9.59 Å². The van der Waals surface area contributed by atoms with Crippen LogP contribution in [-0.2, 0) is 20.5 Å². The third kappa shape index (κ3) is 4.49. The number of carbonyl (C=O) groups is 2. The van der Waals surface area contributed by atoms with E-state index in [1.807, 2.05) is 0 Å². The van der Waals surface area contributed by atoms with Gasteiger partial charge in [0, 0.05) is 12.2 Å². The molecule has 1 unspecified atom stereocenters. The standard InChI is InChI=1S/C17H20F3NO3/c1-16(2,3)24-14(22)10-11-8-9-21(15(11)23)13-6-4-12(5-7-13)17(18,19)20/h4-7,11H,8-10H2,1-3H3. The van der Waals surface area contributed by atoms with E-state index in [9.17, 15) is 22.8 Å². The summed E-state index contributed by atoms with van der Waals surface area (Å²) in [5.74, 6) is -1.21. The Labute approximate surface area is 138 Å². The molecule has 1 heterocycles. The lowest BCUT2D eigenvalue weighted by Gasteiger charge is -2.21. The van der Waals surface area contributed by atoms with Crippen LogP contribution in [0.1, 0.15) is 39.2 Å². The van der Waals surface area contributed by atoms with Crippen LogP contribution in [0.2, 0.25) is 0 Å². The summed E-state index contributed by atoms with van der Waals surface area (Å²) in [4.78, 5) is 25.6. The number of alkyl halides is 3. The van der Waals surface area contributed by atoms with Gasteiger partial charge in [-0.1, -0.05) is 0 Å². The van der Waals surface area contributed by atoms with Crippen LogP contribution >= 0.6 is 0 Å². The first kappa shape index (κ1) is 18.3. The number of nitrogens with zero attached hydrogens (tertiary/aromatic N) is 1. The van der Waals surface area contributed by atoms with E-state index in [0.717, 1.165) is 12.1 Å². The van der Waals surface area contributed by atoms with Crippen LogP contribution in [0.25, 0.3) is 0 Å². The molecule has 1 aliphatic rings. The van der Waals surface area contributed by atoms with Gasteiger partial charge in [-0.2, -0.15) is 13.2 Å². The number of hydrogen-bond acceptors (Lipinski definition) is 3. The molecule has 0 radical (unpaired) electrons. The summed E-state index contributed by atoms with van der Waals surface area (Å²) >= 11 is 0. The number of hydrogen-bond donors (Lipinski definition) is 0. The van der Waals surface area contributed by atoms with E-state index in [2.05, 4.69) is 0 Å². The molecule has 1 amide bonds. The number of anilines is 1. The van der Waals surface area contributed by atoms with Crippen LogP contribution in [-0.4, -0.2) is 24.0 Å². The molecule has 24 heavy (non-hydrogen) atoms. The van der Waals surface area contributed by atoms with Crippen molar-refractivity contribution in [1.29, 1.82) is 0 Å². The van der Waals surface area contributed by atoms with E-state index in [-0.39, 0.29) is 12.3 Å². The first-order valence-corrected chi connectivity index (χ1v) is 7.68. The van der Waals surface area contributed by atoms with Crippen molar-refractivity contribution in [2.45, 2.75) is 45.4 Å². The molecule has 7 heteroatoms. The molecule has 4 nitrogen and oxygen atoms in total. The Balaban J connectivity index is 2.02. The van der Waals surface area contributed by atoms with Crippen LogP contribution < -0.4 is 4.90 Å². The molecule has 0 spiro atoms. The van der Waals surface area contributed by atoms with E-state index in [0.29, 0.717) is 18.7 Å². The average Bonchev–Trinajstić information content (AvgIpc) is 2.77. The van der Waals surface area contributed by atoms with Crippen LogP contribution in [0.15, 0.2) is 24.3 Å². The fourth-order valence-electron chi connectivity index (χ4n) is 2.60. The van der Waals surface area contributed by atoms with Gasteiger partial charge in [-0.25, -0.2) is 0 Å². The summed E-state index contributed by atoms with van der Waals surface area (Å²) < 4.78 is 43.0. The quantitative estimate of drug-likeness (QED) is 0.785. The van der Waals surface area contributed by atoms with Crippen molar-refractivity contribution in [1.82, 2.24) is 0 Å². The van der Waals surface area contributed by atoms with Gasteiger partial charge in [-0.05, 0) is 51.5 Å². The number of esters is 1. The average molecular weight is 343 g/mol. The lowest BCUT2D eigenvalue weighted by molar-refractivity contribution is -0.156. The van der Waals surface area contributed by atoms with E-state index in [4.69, 9.17) is 4.74 Å². The highest BCUT2D eigenvalue weighted by Gasteiger charge is 2.36. The van der Waals surface area contributed by atoms with Crippen molar-refractivity contribution in [3.05, 3.63) is 29.8 Å². The molecule has 0 aliphatic carbocycles. The van der Waals surface area contributed by atoms with Gasteiger partial charge in [0.05, 0.1) is 17.9 Å². The lowest BCUT2D eigenvalue weighted by atomic mass is 10.0. The third-order valence-electron chi connectivity index (χ3n) is 3.66. The van der Waals surface area contributed by atoms with Crippen molar-refractivity contribution in [3.63, 3.8) is 0 Å². The fraction of sp³-hybridized carbons (Fsp3) is 0.529. The second-order valence-electron chi connectivity index (χ2n) is 6.81. The molecule has 1 fully saturated rings. The first-order valence-electron chi connectivity index (χ1n) is 7.68. The lowest BCUT2D eigenvalue weighted by Crippen LogP contribution is -2.30. The monoisotopic (exact) mass is 343 g/mol. The minimum atomic E-state index is -4.41. The highest BCUT2D eigenvalue weighted by Crippen LogP contribution is 2.32. The molecule has 1 aromatic rings. The van der Waals surface area contributed by atoms with E-state index >= 15 is 0 Å². The Bertz CT molecular complexity index is 617. The predicted octanol–water partition coefficient (Wildman–Crippen LogP) is 3.79. The predicted molar refractivity (Wildman–Crippen MR) is 82.4 cm³/mol. The highest BCUT2D eigenvalue weighted by atomic mass is 19.4. The Morgan fingerprint density at radius 1 is 1.21 bits per heavy atom. The minimum absolute atomic E-state index is 0.0206. The van der Waals surface area contributed by atoms with Gasteiger partial charge >= 0.3 is 12.1 Å². The number of benzene rings is 1. The largest absolute Gasteiger partial charge is 0.460 e. The van der Waals surface area contributed by atoms with Crippen LogP contribution in [0, 0.1) is 5.92 Å². The molecule has 1 atom stereocenters. The first-order chi connectivity index (χ1) is 11.0. The summed E-state index contributed by atoms with van der Waals surface area (Å²) in [6.07, 6.45) is -3.96. The summed E-state index contributed by atoms with van der Waals surface area (Å²) in [5, 5.41) is 0. The zero-order chi connectivity index (χ0) is 18.1. The topological polar surface area (TPSA) is 46.6 Å². The SMILES string of the molecule is CC(C)(C)OC(=O)CC1CCN(c2ccc(C(F)(F)F)cc2)C1=O. The van der Waals surface area contributed by atoms with Crippen LogP contribution in [0.5, 0.6) is 0 Å². The van der Waals surface area contributed by atoms with Crippen molar-refractivity contribution >= 4 is 17.6 Å². The molecule has 132 valence electrons. The number of amides is 1. The molecular formula is C17H20F3NO3. The summed E-state index contributed by atoms with van der Waals surface area (Å²) in [5.41, 5.74) is -0.978. The van der Waals surface area contributed by atoms with Gasteiger partial charge in [0.15, 0.2) is 0 Å². The van der Waals surface area contributed by atoms with E-state index in [1.54, 1.807) is 20.8 Å². The van der Waals surface area contributed by atoms with Crippen molar-refractivity contribution in [2.75, 3.05) is 11.4 Å². The maximum Gasteiger partial charge on any atom is 0.416 e. The van der Waals surface area contributed by atoms with Crippen LogP contribution in [0.3, 0.4) is 0 Å². The smallest absolute Gasteiger partial charge is 0.416 e. The molecule has 1 aliphatic heterocycles. The van der Waals surface area contributed by atoms with E-state index in [1.165, 1.54) is 17.0 Å². The number of carbonyl (C=O) groups excluding carboxylic acids is 2. The second-order valence-corrected chi connectivity index (χ2v) is 6.81. The molecule has 1 saturated heterocycles. The zero-order valence-electron chi connectivity index (χ0n) is 13.8. The normalized spacial score (nSPS) is 18.8. The van der Waals surface area contributed by atoms with Gasteiger partial charge in [-0.15, -0.1) is 0 Å². The van der Waals surface area contributed by atoms with Gasteiger partial charge < -0.3 is 9.64 Å².